The minimum Gasteiger partial charge on any atom is -0.481 e. The number of aromatic nitrogens is 1. The molecule has 0 bridgehead atoms. The summed E-state index contributed by atoms with van der Waals surface area (Å²) in [4.78, 5) is 4.69. The van der Waals surface area contributed by atoms with Gasteiger partial charge in [0.05, 0.1) is 7.11 Å². The minimum absolute atomic E-state index is 0.488. The van der Waals surface area contributed by atoms with Crippen LogP contribution in [0.4, 0.5) is 0 Å². The summed E-state index contributed by atoms with van der Waals surface area (Å²) < 4.78 is 5.08. The van der Waals surface area contributed by atoms with Gasteiger partial charge in [0.25, 0.3) is 0 Å². The van der Waals surface area contributed by atoms with Gasteiger partial charge in [-0.15, -0.1) is 0 Å². The van der Waals surface area contributed by atoms with Crippen molar-refractivity contribution in [2.75, 3.05) is 7.11 Å². The van der Waals surface area contributed by atoms with Crippen LogP contribution < -0.4 is 4.74 Å². The lowest BCUT2D eigenvalue weighted by molar-refractivity contribution is 0.394. The lowest BCUT2D eigenvalue weighted by atomic mass is 10.1. The van der Waals surface area contributed by atoms with Crippen LogP contribution in [0, 0.1) is 6.92 Å². The Bertz CT molecular complexity index is 286. The Morgan fingerprint density at radius 2 is 2.31 bits per heavy atom. The van der Waals surface area contributed by atoms with Crippen LogP contribution in [0.3, 0.4) is 0 Å². The van der Waals surface area contributed by atoms with Gasteiger partial charge in [-0.3, -0.25) is 0 Å². The lowest BCUT2D eigenvalue weighted by Gasteiger charge is -2.07. The molecule has 1 atom stereocenters. The predicted molar refractivity (Wildman–Crippen MR) is 57.6 cm³/mol. The minimum atomic E-state index is 0.488. The fraction of sp³-hybridized carbons (Fsp3) is 0.500. The van der Waals surface area contributed by atoms with Gasteiger partial charge in [0, 0.05) is 16.6 Å². The number of halogens is 1. The van der Waals surface area contributed by atoms with Gasteiger partial charge < -0.3 is 4.74 Å². The van der Waals surface area contributed by atoms with E-state index in [1.165, 1.54) is 5.56 Å². The first kappa shape index (κ1) is 10.5. The van der Waals surface area contributed by atoms with E-state index >= 15 is 0 Å². The quantitative estimate of drug-likeness (QED) is 0.762. The van der Waals surface area contributed by atoms with E-state index in [1.54, 1.807) is 7.11 Å². The van der Waals surface area contributed by atoms with E-state index in [4.69, 9.17) is 4.74 Å². The number of nitrogens with zero attached hydrogens (tertiary/aromatic N) is 1. The maximum atomic E-state index is 5.08. The molecule has 1 unspecified atom stereocenters. The molecule has 0 radical (unpaired) electrons. The molecule has 0 N–H and O–H groups in total. The van der Waals surface area contributed by atoms with Crippen LogP contribution in [0.15, 0.2) is 12.3 Å². The first-order valence-corrected chi connectivity index (χ1v) is 5.18. The van der Waals surface area contributed by atoms with Crippen LogP contribution in [0.5, 0.6) is 5.88 Å². The smallest absolute Gasteiger partial charge is 0.215 e. The standard InChI is InChI=1S/C10H14BrNO/c1-7-4-9(5-8(2)11)6-12-10(7)13-3/h4,6,8H,5H2,1-3H3. The third-order valence-electron chi connectivity index (χ3n) is 1.80. The Labute approximate surface area is 87.5 Å². The molecular formula is C10H14BrNO. The van der Waals surface area contributed by atoms with E-state index in [9.17, 15) is 0 Å². The van der Waals surface area contributed by atoms with Crippen molar-refractivity contribution in [1.82, 2.24) is 4.98 Å². The van der Waals surface area contributed by atoms with Crippen molar-refractivity contribution < 1.29 is 4.74 Å². The van der Waals surface area contributed by atoms with Crippen LogP contribution in [0.2, 0.25) is 0 Å². The number of aryl methyl sites for hydroxylation is 1. The highest BCUT2D eigenvalue weighted by Crippen LogP contribution is 2.16. The Balaban J connectivity index is 2.83. The molecule has 72 valence electrons. The number of pyridine rings is 1. The number of rotatable bonds is 3. The topological polar surface area (TPSA) is 22.1 Å². The van der Waals surface area contributed by atoms with Crippen LogP contribution >= 0.6 is 15.9 Å². The predicted octanol–water partition coefficient (Wildman–Crippen LogP) is 2.72. The molecule has 0 fully saturated rings. The third kappa shape index (κ3) is 2.99. The third-order valence-corrected chi connectivity index (χ3v) is 2.12. The van der Waals surface area contributed by atoms with Crippen molar-refractivity contribution in [2.24, 2.45) is 0 Å². The fourth-order valence-corrected chi connectivity index (χ4v) is 1.64. The highest BCUT2D eigenvalue weighted by Gasteiger charge is 2.03. The molecule has 3 heteroatoms. The summed E-state index contributed by atoms with van der Waals surface area (Å²) >= 11 is 3.51. The molecule has 1 aromatic rings. The van der Waals surface area contributed by atoms with E-state index in [-0.39, 0.29) is 0 Å². The number of methoxy groups -OCH3 is 1. The Morgan fingerprint density at radius 1 is 1.62 bits per heavy atom. The SMILES string of the molecule is COc1ncc(CC(C)Br)cc1C. The molecule has 0 saturated heterocycles. The molecule has 0 aromatic carbocycles. The molecule has 0 spiro atoms. The van der Waals surface area contributed by atoms with Gasteiger partial charge >= 0.3 is 0 Å². The van der Waals surface area contributed by atoms with Gasteiger partial charge in [0.15, 0.2) is 0 Å². The number of ether oxygens (including phenoxy) is 1. The van der Waals surface area contributed by atoms with Gasteiger partial charge in [-0.2, -0.15) is 0 Å². The van der Waals surface area contributed by atoms with Crippen LogP contribution in [-0.4, -0.2) is 16.9 Å². The number of alkyl halides is 1. The van der Waals surface area contributed by atoms with Gasteiger partial charge in [-0.25, -0.2) is 4.98 Å². The van der Waals surface area contributed by atoms with E-state index in [1.807, 2.05) is 13.1 Å². The summed E-state index contributed by atoms with van der Waals surface area (Å²) in [5.41, 5.74) is 2.33. The van der Waals surface area contributed by atoms with Crippen molar-refractivity contribution >= 4 is 15.9 Å². The average Bonchev–Trinajstić information content (AvgIpc) is 2.03. The molecule has 0 amide bonds. The zero-order chi connectivity index (χ0) is 9.84. The molecule has 0 aliphatic rings. The van der Waals surface area contributed by atoms with Crippen molar-refractivity contribution in [3.8, 4) is 5.88 Å². The first-order chi connectivity index (χ1) is 6.13. The van der Waals surface area contributed by atoms with Gasteiger partial charge in [0.1, 0.15) is 0 Å². The second-order valence-corrected chi connectivity index (χ2v) is 4.72. The van der Waals surface area contributed by atoms with Crippen molar-refractivity contribution in [2.45, 2.75) is 25.1 Å². The first-order valence-electron chi connectivity index (χ1n) is 4.27. The molecular weight excluding hydrogens is 230 g/mol. The Kier molecular flexibility index (Phi) is 3.72. The van der Waals surface area contributed by atoms with Crippen molar-refractivity contribution in [3.05, 3.63) is 23.4 Å². The Hall–Kier alpha value is -0.570. The summed E-state index contributed by atoms with van der Waals surface area (Å²) in [6.45, 7) is 4.13. The largest absolute Gasteiger partial charge is 0.481 e. The molecule has 1 aromatic heterocycles. The van der Waals surface area contributed by atoms with Gasteiger partial charge in [-0.05, 0) is 25.0 Å². The lowest BCUT2D eigenvalue weighted by Crippen LogP contribution is -1.99. The summed E-state index contributed by atoms with van der Waals surface area (Å²) in [6.07, 6.45) is 2.86. The molecule has 0 saturated carbocycles. The molecule has 13 heavy (non-hydrogen) atoms. The normalized spacial score (nSPS) is 12.6. The van der Waals surface area contributed by atoms with Gasteiger partial charge in [0.2, 0.25) is 5.88 Å². The zero-order valence-corrected chi connectivity index (χ0v) is 9.76. The van der Waals surface area contributed by atoms with Crippen LogP contribution in [0.1, 0.15) is 18.1 Å². The molecule has 0 aliphatic heterocycles. The van der Waals surface area contributed by atoms with E-state index in [0.717, 1.165) is 12.0 Å². The van der Waals surface area contributed by atoms with Crippen molar-refractivity contribution in [3.63, 3.8) is 0 Å². The maximum absolute atomic E-state index is 5.08. The van der Waals surface area contributed by atoms with Crippen LogP contribution in [-0.2, 0) is 6.42 Å². The molecule has 0 aliphatic carbocycles. The summed E-state index contributed by atoms with van der Waals surface area (Å²) in [5.74, 6) is 0.714. The molecule has 1 rings (SSSR count). The van der Waals surface area contributed by atoms with Gasteiger partial charge in [-0.1, -0.05) is 22.9 Å². The van der Waals surface area contributed by atoms with E-state index < -0.39 is 0 Å². The fourth-order valence-electron chi connectivity index (χ4n) is 1.27. The van der Waals surface area contributed by atoms with E-state index in [0.29, 0.717) is 10.7 Å². The average molecular weight is 244 g/mol. The van der Waals surface area contributed by atoms with E-state index in [2.05, 4.69) is 33.9 Å². The highest BCUT2D eigenvalue weighted by molar-refractivity contribution is 9.09. The number of hydrogen-bond acceptors (Lipinski definition) is 2. The molecule has 2 nitrogen and oxygen atoms in total. The monoisotopic (exact) mass is 243 g/mol. The second-order valence-electron chi connectivity index (χ2n) is 3.15. The summed E-state index contributed by atoms with van der Waals surface area (Å²) in [7, 11) is 1.64. The summed E-state index contributed by atoms with van der Waals surface area (Å²) in [5, 5.41) is 0. The maximum Gasteiger partial charge on any atom is 0.215 e. The zero-order valence-electron chi connectivity index (χ0n) is 8.17. The molecule has 1 heterocycles. The Morgan fingerprint density at radius 3 is 2.77 bits per heavy atom. The highest BCUT2D eigenvalue weighted by atomic mass is 79.9. The summed E-state index contributed by atoms with van der Waals surface area (Å²) in [6, 6.07) is 2.11. The van der Waals surface area contributed by atoms with Crippen molar-refractivity contribution in [1.29, 1.82) is 0 Å². The van der Waals surface area contributed by atoms with Crippen LogP contribution in [0.25, 0.3) is 0 Å². The number of hydrogen-bond donors (Lipinski definition) is 0. The second kappa shape index (κ2) is 4.61.